The lowest BCUT2D eigenvalue weighted by atomic mass is 9.89. The Morgan fingerprint density at radius 2 is 1.69 bits per heavy atom. The smallest absolute Gasteiger partial charge is 0.310 e. The summed E-state index contributed by atoms with van der Waals surface area (Å²) in [6, 6.07) is 5.33. The van der Waals surface area contributed by atoms with Crippen LogP contribution in [0.15, 0.2) is 48.7 Å². The summed E-state index contributed by atoms with van der Waals surface area (Å²) in [6.45, 7) is 4.29. The van der Waals surface area contributed by atoms with E-state index in [1.54, 1.807) is 18.2 Å². The number of aromatic nitrogens is 1. The van der Waals surface area contributed by atoms with Crippen LogP contribution in [-0.2, 0) is 11.2 Å². The molecule has 0 aliphatic rings. The van der Waals surface area contributed by atoms with E-state index >= 15 is 0 Å². The molecule has 0 bridgehead atoms. The number of aliphatic carboxylic acids is 1. The van der Waals surface area contributed by atoms with E-state index in [2.05, 4.69) is 36.2 Å². The van der Waals surface area contributed by atoms with Crippen molar-refractivity contribution in [3.63, 3.8) is 0 Å². The molecule has 0 spiro atoms. The number of carbonyl (C=O) groups is 1. The number of aryl methyl sites for hydroxylation is 1. The third-order valence-electron chi connectivity index (χ3n) is 6.72. The number of nitrogens with zero attached hydrogens (tertiary/aromatic N) is 1. The van der Waals surface area contributed by atoms with Crippen molar-refractivity contribution in [2.75, 3.05) is 19.6 Å². The summed E-state index contributed by atoms with van der Waals surface area (Å²) in [5, 5.41) is 10.6. The summed E-state index contributed by atoms with van der Waals surface area (Å²) in [4.78, 5) is 16.9. The van der Waals surface area contributed by atoms with Crippen LogP contribution in [0.25, 0.3) is 10.9 Å². The molecule has 0 saturated carbocycles. The molecule has 1 heterocycles. The Labute approximate surface area is 225 Å². The average Bonchev–Trinajstić information content (AvgIpc) is 3.37. The Morgan fingerprint density at radius 1 is 1.00 bits per heavy atom. The van der Waals surface area contributed by atoms with E-state index in [0.29, 0.717) is 36.0 Å². The maximum atomic E-state index is 12.4. The highest BCUT2D eigenvalue weighted by Gasteiger charge is 2.23. The van der Waals surface area contributed by atoms with E-state index in [9.17, 15) is 9.90 Å². The quantitative estimate of drug-likeness (QED) is 0.142. The lowest BCUT2D eigenvalue weighted by Gasteiger charge is -2.18. The topological polar surface area (TPSA) is 56.3 Å². The van der Waals surface area contributed by atoms with Gasteiger partial charge in [0.1, 0.15) is 0 Å². The second-order valence-corrected chi connectivity index (χ2v) is 9.44. The number of rotatable bonds is 20. The van der Waals surface area contributed by atoms with Gasteiger partial charge in [-0.15, -0.1) is 0 Å². The minimum atomic E-state index is -2.35. The first kappa shape index (κ1) is 24.0. The van der Waals surface area contributed by atoms with Gasteiger partial charge in [0.05, 0.1) is 5.92 Å². The molecule has 36 heavy (non-hydrogen) atoms. The number of carboxylic acid groups (broad SMARTS) is 1. The molecule has 2 N–H and O–H groups in total. The van der Waals surface area contributed by atoms with Crippen molar-refractivity contribution in [1.82, 2.24) is 9.88 Å². The van der Waals surface area contributed by atoms with Crippen LogP contribution in [0, 0.1) is 0 Å². The summed E-state index contributed by atoms with van der Waals surface area (Å²) >= 11 is 0. The number of likely N-dealkylation sites (N-methyl/N-ethyl adjacent to an activating group) is 1. The van der Waals surface area contributed by atoms with Gasteiger partial charge < -0.3 is 15.0 Å². The molecule has 1 atom stereocenters. The van der Waals surface area contributed by atoms with E-state index in [1.165, 1.54) is 30.4 Å². The first-order chi connectivity index (χ1) is 19.1. The van der Waals surface area contributed by atoms with Gasteiger partial charge in [-0.3, -0.25) is 4.79 Å². The molecule has 1 aromatic heterocycles. The Kier molecular flexibility index (Phi) is 12.0. The number of fused-ring (bicyclic) bond motifs is 1. The Hall–Kier alpha value is -2.33. The Balaban J connectivity index is 2.02. The molecule has 0 fully saturated rings. The zero-order valence-electron chi connectivity index (χ0n) is 26.7. The largest absolute Gasteiger partial charge is 0.481 e. The van der Waals surface area contributed by atoms with Crippen molar-refractivity contribution < 1.29 is 15.4 Å². The fourth-order valence-electron chi connectivity index (χ4n) is 4.52. The number of nitrogens with one attached hydrogen (secondary N) is 1. The molecular weight excluding hydrogens is 444 g/mol. The molecule has 0 amide bonds. The van der Waals surface area contributed by atoms with E-state index in [0.717, 1.165) is 44.9 Å². The van der Waals surface area contributed by atoms with Gasteiger partial charge in [-0.05, 0) is 75.2 Å². The van der Waals surface area contributed by atoms with Crippen molar-refractivity contribution in [1.29, 1.82) is 0 Å². The second-order valence-electron chi connectivity index (χ2n) is 9.44. The molecule has 2 aromatic rings. The minimum Gasteiger partial charge on any atom is -0.481 e. The highest BCUT2D eigenvalue weighted by molar-refractivity contribution is 5.91. The number of hydrogen-bond acceptors (Lipinski definition) is 2. The predicted octanol–water partition coefficient (Wildman–Crippen LogP) is 8.64. The number of carboxylic acids is 1. The summed E-state index contributed by atoms with van der Waals surface area (Å²) in [5.74, 6) is -1.71. The highest BCUT2D eigenvalue weighted by atomic mass is 16.4. The number of benzene rings is 1. The van der Waals surface area contributed by atoms with Crippen molar-refractivity contribution in [2.24, 2.45) is 0 Å². The van der Waals surface area contributed by atoms with Crippen LogP contribution in [0.3, 0.4) is 0 Å². The van der Waals surface area contributed by atoms with Gasteiger partial charge in [-0.2, -0.15) is 0 Å². The molecular formula is C32H50N2O2. The third-order valence-corrected chi connectivity index (χ3v) is 6.72. The zero-order chi connectivity index (χ0) is 29.6. The number of H-pyrrole nitrogens is 1. The average molecular weight is 499 g/mol. The van der Waals surface area contributed by atoms with Crippen LogP contribution in [0.5, 0.6) is 0 Å². The molecule has 4 heteroatoms. The third kappa shape index (κ3) is 10.3. The number of aromatic amines is 1. The second kappa shape index (κ2) is 18.0. The van der Waals surface area contributed by atoms with Gasteiger partial charge in [0.2, 0.25) is 0 Å². The molecule has 1 unspecified atom stereocenters. The monoisotopic (exact) mass is 498 g/mol. The Bertz CT molecular complexity index is 1090. The fourth-order valence-corrected chi connectivity index (χ4v) is 4.52. The van der Waals surface area contributed by atoms with Crippen molar-refractivity contribution in [3.8, 4) is 0 Å². The van der Waals surface area contributed by atoms with Gasteiger partial charge in [-0.25, -0.2) is 0 Å². The SMILES string of the molecule is [2H]C([2H])(c1c[nH]c2cccc(C(CCCCCC/C=C\C/C=C\CCCCC)C(=O)O)c12)C([2H])([2H])N(CC)CC. The van der Waals surface area contributed by atoms with Gasteiger partial charge in [0.15, 0.2) is 0 Å². The Morgan fingerprint density at radius 3 is 2.36 bits per heavy atom. The van der Waals surface area contributed by atoms with Crippen molar-refractivity contribution in [3.05, 3.63) is 59.8 Å². The van der Waals surface area contributed by atoms with E-state index in [1.807, 2.05) is 13.8 Å². The first-order valence-electron chi connectivity index (χ1n) is 16.0. The van der Waals surface area contributed by atoms with Crippen molar-refractivity contribution in [2.45, 2.75) is 104 Å². The number of unbranched alkanes of at least 4 members (excludes halogenated alkanes) is 7. The van der Waals surface area contributed by atoms with Crippen LogP contribution in [0.2, 0.25) is 0 Å². The molecule has 0 radical (unpaired) electrons. The van der Waals surface area contributed by atoms with E-state index in [4.69, 9.17) is 5.48 Å². The van der Waals surface area contributed by atoms with E-state index < -0.39 is 24.8 Å². The van der Waals surface area contributed by atoms with Crippen molar-refractivity contribution >= 4 is 16.9 Å². The highest BCUT2D eigenvalue weighted by Crippen LogP contribution is 2.32. The van der Waals surface area contributed by atoms with E-state index in [-0.39, 0.29) is 5.56 Å². The molecule has 200 valence electrons. The summed E-state index contributed by atoms with van der Waals surface area (Å²) in [6.07, 6.45) is 19.4. The first-order valence-corrected chi connectivity index (χ1v) is 14.0. The molecule has 4 nitrogen and oxygen atoms in total. The molecule has 1 aromatic carbocycles. The van der Waals surface area contributed by atoms with Gasteiger partial charge in [-0.1, -0.05) is 89.3 Å². The zero-order valence-corrected chi connectivity index (χ0v) is 22.7. The standard InChI is InChI=1S/C32H50N2O2/c1-4-7-8-9-10-11-12-13-14-15-16-17-18-19-21-29(32(35)36)28-22-20-23-30-31(28)27(26-33-30)24-25-34(5-2)6-3/h10-11,13-14,20,22-23,26,29,33H,4-9,12,15-19,21,24-25H2,1-3H3,(H,35,36)/b11-10-,14-13-/i24D2,25D2. The number of allylic oxidation sites excluding steroid dienone is 4. The lowest BCUT2D eigenvalue weighted by molar-refractivity contribution is -0.139. The maximum absolute atomic E-state index is 12.4. The van der Waals surface area contributed by atoms with Gasteiger partial charge in [0, 0.05) is 29.1 Å². The maximum Gasteiger partial charge on any atom is 0.310 e. The molecule has 0 aliphatic carbocycles. The van der Waals surface area contributed by atoms with Gasteiger partial charge >= 0.3 is 5.97 Å². The minimum absolute atomic E-state index is 0.170. The van der Waals surface area contributed by atoms with Crippen LogP contribution in [-0.4, -0.2) is 40.5 Å². The van der Waals surface area contributed by atoms with Crippen LogP contribution >= 0.6 is 0 Å². The predicted molar refractivity (Wildman–Crippen MR) is 155 cm³/mol. The van der Waals surface area contributed by atoms with Crippen LogP contribution < -0.4 is 0 Å². The summed E-state index contributed by atoms with van der Waals surface area (Å²) in [5.41, 5.74) is 1.34. The summed E-state index contributed by atoms with van der Waals surface area (Å²) in [7, 11) is 0. The van der Waals surface area contributed by atoms with Crippen LogP contribution in [0.4, 0.5) is 0 Å². The molecule has 2 rings (SSSR count). The van der Waals surface area contributed by atoms with Crippen LogP contribution in [0.1, 0.15) is 114 Å². The molecule has 0 aliphatic heterocycles. The summed E-state index contributed by atoms with van der Waals surface area (Å²) < 4.78 is 35.0. The van der Waals surface area contributed by atoms with Gasteiger partial charge in [0.25, 0.3) is 0 Å². The normalized spacial score (nSPS) is 15.4. The molecule has 0 saturated heterocycles. The number of hydrogen-bond donors (Lipinski definition) is 2. The fraction of sp³-hybridized carbons (Fsp3) is 0.594. The lowest BCUT2D eigenvalue weighted by Crippen LogP contribution is -2.25.